The van der Waals surface area contributed by atoms with Gasteiger partial charge in [-0.3, -0.25) is 0 Å². The summed E-state index contributed by atoms with van der Waals surface area (Å²) in [5, 5.41) is 2.39. The number of halogens is 3. The lowest BCUT2D eigenvalue weighted by Crippen LogP contribution is -2.26. The largest absolute Gasteiger partial charge is 0.380 e. The maximum absolute atomic E-state index is 13.2. The lowest BCUT2D eigenvalue weighted by atomic mass is 10.2. The van der Waals surface area contributed by atoms with Gasteiger partial charge in [0.1, 0.15) is 4.90 Å². The van der Waals surface area contributed by atoms with Crippen LogP contribution in [-0.2, 0) is 9.84 Å². The number of hydrogen-bond donors (Lipinski definition) is 1. The van der Waals surface area contributed by atoms with Gasteiger partial charge in [-0.1, -0.05) is 0 Å². The summed E-state index contributed by atoms with van der Waals surface area (Å²) in [4.78, 5) is -0.911. The van der Waals surface area contributed by atoms with Crippen molar-refractivity contribution in [2.75, 3.05) is 17.6 Å². The molecule has 0 bridgehead atoms. The van der Waals surface area contributed by atoms with Crippen molar-refractivity contribution in [2.45, 2.75) is 4.90 Å². The highest BCUT2D eigenvalue weighted by atomic mass is 32.2. The number of hydrogen-bond acceptors (Lipinski definition) is 3. The van der Waals surface area contributed by atoms with Crippen molar-refractivity contribution < 1.29 is 21.6 Å². The second kappa shape index (κ2) is 3.13. The molecule has 0 spiro atoms. The van der Waals surface area contributed by atoms with E-state index in [1.807, 2.05) is 0 Å². The third-order valence-corrected chi connectivity index (χ3v) is 3.86. The number of nitrogens with one attached hydrogen (secondary N) is 1. The summed E-state index contributed by atoms with van der Waals surface area (Å²) in [5.41, 5.74) is -0.486. The molecule has 1 aromatic rings. The first kappa shape index (κ1) is 10.3. The summed E-state index contributed by atoms with van der Waals surface area (Å²) < 4.78 is 61.9. The summed E-state index contributed by atoms with van der Waals surface area (Å²) in [6.45, 7) is -0.0165. The predicted octanol–water partition coefficient (Wildman–Crippen LogP) is 1.30. The van der Waals surface area contributed by atoms with Crippen LogP contribution in [0.5, 0.6) is 0 Å². The second-order valence-corrected chi connectivity index (χ2v) is 5.15. The third kappa shape index (κ3) is 1.46. The van der Waals surface area contributed by atoms with Crippen LogP contribution >= 0.6 is 0 Å². The van der Waals surface area contributed by atoms with Crippen LogP contribution in [0.25, 0.3) is 0 Å². The van der Waals surface area contributed by atoms with Crippen molar-refractivity contribution >= 4 is 15.5 Å². The first-order chi connectivity index (χ1) is 6.93. The summed E-state index contributed by atoms with van der Waals surface area (Å²) >= 11 is 0. The van der Waals surface area contributed by atoms with E-state index in [-0.39, 0.29) is 12.3 Å². The van der Waals surface area contributed by atoms with Crippen molar-refractivity contribution in [1.82, 2.24) is 0 Å². The van der Waals surface area contributed by atoms with Gasteiger partial charge < -0.3 is 5.32 Å². The van der Waals surface area contributed by atoms with Crippen LogP contribution in [-0.4, -0.2) is 20.7 Å². The fourth-order valence-corrected chi connectivity index (χ4v) is 2.87. The molecule has 0 saturated carbocycles. The molecule has 7 heteroatoms. The number of fused-ring (bicyclic) bond motifs is 1. The molecule has 0 fully saturated rings. The van der Waals surface area contributed by atoms with Crippen molar-refractivity contribution in [3.63, 3.8) is 0 Å². The Bertz CT molecular complexity index is 527. The molecule has 1 aromatic carbocycles. The summed E-state index contributed by atoms with van der Waals surface area (Å²) in [7, 11) is -3.94. The van der Waals surface area contributed by atoms with Crippen molar-refractivity contribution in [3.05, 3.63) is 23.5 Å². The molecule has 0 aliphatic carbocycles. The zero-order chi connectivity index (χ0) is 11.2. The van der Waals surface area contributed by atoms with E-state index in [9.17, 15) is 21.6 Å². The van der Waals surface area contributed by atoms with E-state index in [1.54, 1.807) is 0 Å². The van der Waals surface area contributed by atoms with E-state index in [0.717, 1.165) is 0 Å². The van der Waals surface area contributed by atoms with Gasteiger partial charge in [-0.25, -0.2) is 21.6 Å². The Kier molecular flexibility index (Phi) is 2.14. The highest BCUT2D eigenvalue weighted by molar-refractivity contribution is 7.91. The molecule has 1 heterocycles. The molecule has 0 radical (unpaired) electrons. The fourth-order valence-electron chi connectivity index (χ4n) is 1.44. The fraction of sp³-hybridized carbons (Fsp3) is 0.250. The minimum Gasteiger partial charge on any atom is -0.380 e. The van der Waals surface area contributed by atoms with Gasteiger partial charge in [-0.2, -0.15) is 0 Å². The maximum Gasteiger partial charge on any atom is 0.185 e. The lowest BCUT2D eigenvalue weighted by Gasteiger charge is -2.19. The topological polar surface area (TPSA) is 46.2 Å². The average Bonchev–Trinajstić information content (AvgIpc) is 2.13. The Hall–Kier alpha value is -1.24. The third-order valence-electron chi connectivity index (χ3n) is 2.11. The van der Waals surface area contributed by atoms with E-state index in [1.165, 1.54) is 0 Å². The van der Waals surface area contributed by atoms with Crippen LogP contribution in [0, 0.1) is 17.5 Å². The Morgan fingerprint density at radius 3 is 2.53 bits per heavy atom. The first-order valence-electron chi connectivity index (χ1n) is 4.07. The summed E-state index contributed by atoms with van der Waals surface area (Å²) in [5.74, 6) is -4.51. The smallest absolute Gasteiger partial charge is 0.185 e. The molecule has 15 heavy (non-hydrogen) atoms. The normalized spacial score (nSPS) is 18.1. The predicted molar refractivity (Wildman–Crippen MR) is 46.9 cm³/mol. The van der Waals surface area contributed by atoms with E-state index in [4.69, 9.17) is 0 Å². The van der Waals surface area contributed by atoms with Gasteiger partial charge >= 0.3 is 0 Å². The van der Waals surface area contributed by atoms with Gasteiger partial charge in [0.2, 0.25) is 0 Å². The van der Waals surface area contributed by atoms with Gasteiger partial charge in [-0.05, 0) is 0 Å². The molecule has 0 aromatic heterocycles. The molecule has 0 amide bonds. The summed E-state index contributed by atoms with van der Waals surface area (Å²) in [6.07, 6.45) is 0. The highest BCUT2D eigenvalue weighted by Crippen LogP contribution is 2.32. The van der Waals surface area contributed by atoms with Crippen molar-refractivity contribution in [2.24, 2.45) is 0 Å². The van der Waals surface area contributed by atoms with Crippen LogP contribution in [0.3, 0.4) is 0 Å². The van der Waals surface area contributed by atoms with Crippen molar-refractivity contribution in [3.8, 4) is 0 Å². The van der Waals surface area contributed by atoms with E-state index in [0.29, 0.717) is 6.07 Å². The SMILES string of the molecule is O=S1(=O)CCNc2c(F)cc(F)c(F)c21. The Morgan fingerprint density at radius 2 is 1.87 bits per heavy atom. The number of sulfone groups is 1. The molecule has 1 N–H and O–H groups in total. The lowest BCUT2D eigenvalue weighted by molar-refractivity contribution is 0.471. The standard InChI is InChI=1S/C8H6F3NO2S/c9-4-3-5(10)7-8(6(4)11)15(13,14)2-1-12-7/h3,12H,1-2H2. The minimum atomic E-state index is -3.94. The minimum absolute atomic E-state index is 0.0165. The van der Waals surface area contributed by atoms with Crippen LogP contribution < -0.4 is 5.32 Å². The molecular formula is C8H6F3NO2S. The summed E-state index contributed by atoms with van der Waals surface area (Å²) in [6, 6.07) is 0.321. The maximum atomic E-state index is 13.2. The van der Waals surface area contributed by atoms with Gasteiger partial charge in [0.25, 0.3) is 0 Å². The molecule has 0 atom stereocenters. The zero-order valence-electron chi connectivity index (χ0n) is 7.35. The van der Waals surface area contributed by atoms with Crippen molar-refractivity contribution in [1.29, 1.82) is 0 Å². The second-order valence-electron chi connectivity index (χ2n) is 3.10. The van der Waals surface area contributed by atoms with Gasteiger partial charge in [0, 0.05) is 12.6 Å². The quantitative estimate of drug-likeness (QED) is 0.692. The monoisotopic (exact) mass is 237 g/mol. The van der Waals surface area contributed by atoms with Gasteiger partial charge in [-0.15, -0.1) is 0 Å². The first-order valence-corrected chi connectivity index (χ1v) is 5.73. The Balaban J connectivity index is 2.86. The average molecular weight is 237 g/mol. The Morgan fingerprint density at radius 1 is 1.20 bits per heavy atom. The van der Waals surface area contributed by atoms with Crippen LogP contribution in [0.1, 0.15) is 0 Å². The van der Waals surface area contributed by atoms with Crippen LogP contribution in [0.15, 0.2) is 11.0 Å². The van der Waals surface area contributed by atoms with Crippen LogP contribution in [0.2, 0.25) is 0 Å². The molecule has 82 valence electrons. The molecule has 0 saturated heterocycles. The van der Waals surface area contributed by atoms with Gasteiger partial charge in [0.15, 0.2) is 27.3 Å². The zero-order valence-corrected chi connectivity index (χ0v) is 8.17. The molecule has 2 rings (SSSR count). The van der Waals surface area contributed by atoms with Crippen LogP contribution in [0.4, 0.5) is 18.9 Å². The van der Waals surface area contributed by atoms with E-state index in [2.05, 4.69) is 5.32 Å². The highest BCUT2D eigenvalue weighted by Gasteiger charge is 2.31. The Labute approximate surface area is 83.8 Å². The molecule has 1 aliphatic rings. The molecule has 0 unspecified atom stereocenters. The number of anilines is 1. The van der Waals surface area contributed by atoms with E-state index >= 15 is 0 Å². The van der Waals surface area contributed by atoms with Gasteiger partial charge in [0.05, 0.1) is 11.4 Å². The number of benzene rings is 1. The molecule has 3 nitrogen and oxygen atoms in total. The molecular weight excluding hydrogens is 231 g/mol. The van der Waals surface area contributed by atoms with E-state index < -0.39 is 37.9 Å². The molecule has 1 aliphatic heterocycles. The number of rotatable bonds is 0.